The Morgan fingerprint density at radius 1 is 1.11 bits per heavy atom. The van der Waals surface area contributed by atoms with Crippen LogP contribution in [-0.4, -0.2) is 30.2 Å². The third kappa shape index (κ3) is 3.38. The number of imidazole rings is 1. The van der Waals surface area contributed by atoms with Gasteiger partial charge in [-0.15, -0.1) is 0 Å². The lowest BCUT2D eigenvalue weighted by Crippen LogP contribution is -2.26. The first-order valence-corrected chi connectivity index (χ1v) is 9.25. The third-order valence-electron chi connectivity index (χ3n) is 4.73. The van der Waals surface area contributed by atoms with Crippen LogP contribution in [0.2, 0.25) is 0 Å². The summed E-state index contributed by atoms with van der Waals surface area (Å²) in [5.41, 5.74) is 3.36. The molecule has 0 saturated heterocycles. The molecule has 1 amide bonds. The van der Waals surface area contributed by atoms with Crippen molar-refractivity contribution in [1.29, 1.82) is 0 Å². The number of nitrogens with one attached hydrogen (secondary N) is 1. The molecule has 0 fully saturated rings. The minimum absolute atomic E-state index is 0.126. The van der Waals surface area contributed by atoms with Crippen LogP contribution in [0.4, 0.5) is 0 Å². The highest BCUT2D eigenvalue weighted by molar-refractivity contribution is 5.97. The third-order valence-corrected chi connectivity index (χ3v) is 4.73. The Kier molecular flexibility index (Phi) is 4.65. The van der Waals surface area contributed by atoms with Crippen LogP contribution < -0.4 is 5.32 Å². The lowest BCUT2D eigenvalue weighted by molar-refractivity contribution is 0.0939. The zero-order chi connectivity index (χ0) is 19.7. The molecule has 4 rings (SSSR count). The van der Waals surface area contributed by atoms with E-state index >= 15 is 0 Å². The number of carbonyl (C=O) groups excluding carboxylic acids is 1. The number of benzene rings is 1. The number of carbonyl (C=O) groups is 1. The van der Waals surface area contributed by atoms with Crippen LogP contribution in [-0.2, 0) is 0 Å². The van der Waals surface area contributed by atoms with E-state index in [4.69, 9.17) is 0 Å². The second-order valence-corrected chi connectivity index (χ2v) is 7.08. The molecule has 7 heteroatoms. The molecule has 0 aliphatic rings. The van der Waals surface area contributed by atoms with Gasteiger partial charge in [-0.3, -0.25) is 4.79 Å². The number of hydrogen-bond acceptors (Lipinski definition) is 4. The topological polar surface area (TPSA) is 77.6 Å². The summed E-state index contributed by atoms with van der Waals surface area (Å²) in [6.45, 7) is 6.07. The van der Waals surface area contributed by atoms with Crippen molar-refractivity contribution in [3.63, 3.8) is 0 Å². The van der Waals surface area contributed by atoms with Crippen LogP contribution in [0.3, 0.4) is 0 Å². The molecule has 4 aromatic rings. The van der Waals surface area contributed by atoms with Gasteiger partial charge in [0.05, 0.1) is 24.1 Å². The molecule has 28 heavy (non-hydrogen) atoms. The normalized spacial score (nSPS) is 12.4. The van der Waals surface area contributed by atoms with Crippen LogP contribution in [0.25, 0.3) is 16.7 Å². The number of pyridine rings is 1. The van der Waals surface area contributed by atoms with Gasteiger partial charge in [0.1, 0.15) is 0 Å². The van der Waals surface area contributed by atoms with Crippen molar-refractivity contribution in [2.45, 2.75) is 32.9 Å². The van der Waals surface area contributed by atoms with Gasteiger partial charge in [0, 0.05) is 35.7 Å². The molecule has 0 unspecified atom stereocenters. The molecule has 0 radical (unpaired) electrons. The maximum atomic E-state index is 12.7. The maximum Gasteiger partial charge on any atom is 0.253 e. The lowest BCUT2D eigenvalue weighted by atomic mass is 10.1. The molecule has 142 valence electrons. The van der Waals surface area contributed by atoms with E-state index in [1.165, 1.54) is 0 Å². The van der Waals surface area contributed by atoms with Crippen molar-refractivity contribution in [3.8, 4) is 5.69 Å². The first kappa shape index (κ1) is 17.9. The van der Waals surface area contributed by atoms with Crippen molar-refractivity contribution in [3.05, 3.63) is 72.6 Å². The second kappa shape index (κ2) is 7.26. The number of aromatic nitrogens is 5. The van der Waals surface area contributed by atoms with Gasteiger partial charge in [-0.2, -0.15) is 5.10 Å². The van der Waals surface area contributed by atoms with E-state index in [2.05, 4.69) is 34.2 Å². The number of nitrogens with zero attached hydrogens (tertiary/aromatic N) is 5. The molecular formula is C21H22N6O. The summed E-state index contributed by atoms with van der Waals surface area (Å²) in [5.74, 6) is -0.155. The van der Waals surface area contributed by atoms with Crippen molar-refractivity contribution < 1.29 is 4.79 Å². The molecule has 0 aliphatic carbocycles. The van der Waals surface area contributed by atoms with E-state index in [1.807, 2.05) is 52.7 Å². The first-order chi connectivity index (χ1) is 13.5. The van der Waals surface area contributed by atoms with Gasteiger partial charge in [-0.05, 0) is 44.5 Å². The smallest absolute Gasteiger partial charge is 0.253 e. The summed E-state index contributed by atoms with van der Waals surface area (Å²) in [7, 11) is 0. The number of fused-ring (bicyclic) bond motifs is 1. The number of amides is 1. The van der Waals surface area contributed by atoms with Crippen LogP contribution in [0.5, 0.6) is 0 Å². The quantitative estimate of drug-likeness (QED) is 0.578. The van der Waals surface area contributed by atoms with Crippen LogP contribution in [0.1, 0.15) is 48.8 Å². The fourth-order valence-corrected chi connectivity index (χ4v) is 3.15. The van der Waals surface area contributed by atoms with Crippen LogP contribution in [0.15, 0.2) is 61.4 Å². The highest BCUT2D eigenvalue weighted by Gasteiger charge is 2.14. The highest BCUT2D eigenvalue weighted by Crippen LogP contribution is 2.19. The van der Waals surface area contributed by atoms with Gasteiger partial charge in [0.25, 0.3) is 5.91 Å². The fourth-order valence-electron chi connectivity index (χ4n) is 3.15. The predicted molar refractivity (Wildman–Crippen MR) is 107 cm³/mol. The Morgan fingerprint density at radius 3 is 2.57 bits per heavy atom. The average Bonchev–Trinajstić information content (AvgIpc) is 3.37. The Labute approximate surface area is 163 Å². The SMILES string of the molecule is CC(C)n1ncc2cc(C(=O)N[C@@H](C)c3ccc(-n4ccnc4)cc3)cnc21. The van der Waals surface area contributed by atoms with E-state index in [0.29, 0.717) is 5.56 Å². The molecule has 0 bridgehead atoms. The van der Waals surface area contributed by atoms with Gasteiger partial charge < -0.3 is 9.88 Å². The van der Waals surface area contributed by atoms with Gasteiger partial charge >= 0.3 is 0 Å². The van der Waals surface area contributed by atoms with E-state index in [9.17, 15) is 4.79 Å². The van der Waals surface area contributed by atoms with Crippen LogP contribution in [0, 0.1) is 0 Å². The molecule has 3 aromatic heterocycles. The standard InChI is InChI=1S/C21H22N6O/c1-14(2)27-20-17(12-24-27)10-18(11-23-20)21(28)25-15(3)16-4-6-19(7-5-16)26-9-8-22-13-26/h4-15H,1-3H3,(H,25,28)/t15-/m0/s1. The molecule has 0 aliphatic heterocycles. The fraction of sp³-hybridized carbons (Fsp3) is 0.238. The molecular weight excluding hydrogens is 352 g/mol. The summed E-state index contributed by atoms with van der Waals surface area (Å²) in [6.07, 6.45) is 8.74. The van der Waals surface area contributed by atoms with E-state index in [1.54, 1.807) is 24.9 Å². The number of hydrogen-bond donors (Lipinski definition) is 1. The average molecular weight is 374 g/mol. The number of rotatable bonds is 5. The molecule has 0 saturated carbocycles. The Balaban J connectivity index is 1.49. The van der Waals surface area contributed by atoms with Gasteiger partial charge in [0.15, 0.2) is 5.65 Å². The van der Waals surface area contributed by atoms with Crippen molar-refractivity contribution in [2.24, 2.45) is 0 Å². The summed E-state index contributed by atoms with van der Waals surface area (Å²) in [5, 5.41) is 8.24. The zero-order valence-corrected chi connectivity index (χ0v) is 16.1. The molecule has 7 nitrogen and oxygen atoms in total. The minimum Gasteiger partial charge on any atom is -0.345 e. The predicted octanol–water partition coefficient (Wildman–Crippen LogP) is 3.69. The Bertz CT molecular complexity index is 1100. The van der Waals surface area contributed by atoms with Crippen molar-refractivity contribution in [1.82, 2.24) is 29.6 Å². The minimum atomic E-state index is -0.155. The molecule has 3 heterocycles. The van der Waals surface area contributed by atoms with Crippen LogP contribution >= 0.6 is 0 Å². The van der Waals surface area contributed by atoms with Crippen molar-refractivity contribution >= 4 is 16.9 Å². The highest BCUT2D eigenvalue weighted by atomic mass is 16.1. The largest absolute Gasteiger partial charge is 0.345 e. The van der Waals surface area contributed by atoms with Gasteiger partial charge in [0.2, 0.25) is 0 Å². The first-order valence-electron chi connectivity index (χ1n) is 9.25. The van der Waals surface area contributed by atoms with E-state index in [0.717, 1.165) is 22.3 Å². The summed E-state index contributed by atoms with van der Waals surface area (Å²) >= 11 is 0. The van der Waals surface area contributed by atoms with Crippen molar-refractivity contribution in [2.75, 3.05) is 0 Å². The summed E-state index contributed by atoms with van der Waals surface area (Å²) < 4.78 is 3.78. The van der Waals surface area contributed by atoms with E-state index < -0.39 is 0 Å². The monoisotopic (exact) mass is 374 g/mol. The maximum absolute atomic E-state index is 12.7. The summed E-state index contributed by atoms with van der Waals surface area (Å²) in [4.78, 5) is 21.2. The Morgan fingerprint density at radius 2 is 1.89 bits per heavy atom. The molecule has 1 N–H and O–H groups in total. The van der Waals surface area contributed by atoms with Gasteiger partial charge in [-0.1, -0.05) is 12.1 Å². The van der Waals surface area contributed by atoms with E-state index in [-0.39, 0.29) is 18.0 Å². The lowest BCUT2D eigenvalue weighted by Gasteiger charge is -2.15. The molecule has 1 aromatic carbocycles. The Hall–Kier alpha value is -3.48. The van der Waals surface area contributed by atoms with Gasteiger partial charge in [-0.25, -0.2) is 14.6 Å². The summed E-state index contributed by atoms with van der Waals surface area (Å²) in [6, 6.07) is 9.95. The zero-order valence-electron chi connectivity index (χ0n) is 16.1. The second-order valence-electron chi connectivity index (χ2n) is 7.08. The molecule has 0 spiro atoms. The molecule has 1 atom stereocenters.